The van der Waals surface area contributed by atoms with Gasteiger partial charge in [0.05, 0.1) is 12.2 Å². The molecule has 2 aromatic heterocycles. The molecule has 3 rings (SSSR count). The minimum Gasteiger partial charge on any atom is -0.345 e. The van der Waals surface area contributed by atoms with Gasteiger partial charge in [-0.15, -0.1) is 10.2 Å². The zero-order valence-electron chi connectivity index (χ0n) is 15.7. The number of nitrogens with one attached hydrogen (secondary N) is 2. The summed E-state index contributed by atoms with van der Waals surface area (Å²) in [6, 6.07) is 17.1. The van der Waals surface area contributed by atoms with Crippen LogP contribution in [0.15, 0.2) is 60.8 Å². The molecule has 6 heteroatoms. The number of anilines is 2. The van der Waals surface area contributed by atoms with Crippen molar-refractivity contribution in [1.29, 1.82) is 0 Å². The van der Waals surface area contributed by atoms with E-state index >= 15 is 0 Å². The minimum atomic E-state index is -0.283. The summed E-state index contributed by atoms with van der Waals surface area (Å²) in [5, 5.41) is 14.1. The summed E-state index contributed by atoms with van der Waals surface area (Å²) >= 11 is 0. The van der Waals surface area contributed by atoms with Crippen LogP contribution < -0.4 is 10.6 Å². The van der Waals surface area contributed by atoms with Crippen molar-refractivity contribution >= 4 is 17.4 Å². The molecule has 0 radical (unpaired) electrons. The molecule has 3 aromatic rings. The standard InChI is InChI=1S/C21H23N5O/c1-21(2,3)15-7-9-16(10-8-15)24-19-12-11-18(25-26-19)20(27)23-14-17-6-4-5-13-22-17/h4-13H,14H2,1-3H3,(H,23,27)(H,24,26). The van der Waals surface area contributed by atoms with Crippen molar-refractivity contribution in [1.82, 2.24) is 20.5 Å². The van der Waals surface area contributed by atoms with Crippen LogP contribution in [0, 0.1) is 0 Å². The van der Waals surface area contributed by atoms with Gasteiger partial charge in [0.25, 0.3) is 5.91 Å². The number of carbonyl (C=O) groups excluding carboxylic acids is 1. The predicted octanol–water partition coefficient (Wildman–Crippen LogP) is 3.84. The number of nitrogens with zero attached hydrogens (tertiary/aromatic N) is 3. The van der Waals surface area contributed by atoms with Gasteiger partial charge in [0.2, 0.25) is 0 Å². The molecular weight excluding hydrogens is 338 g/mol. The van der Waals surface area contributed by atoms with Crippen molar-refractivity contribution < 1.29 is 4.79 Å². The summed E-state index contributed by atoms with van der Waals surface area (Å²) in [5.74, 6) is 0.300. The first-order valence-electron chi connectivity index (χ1n) is 8.81. The van der Waals surface area contributed by atoms with Crippen LogP contribution in [-0.4, -0.2) is 21.1 Å². The fourth-order valence-electron chi connectivity index (χ4n) is 2.49. The van der Waals surface area contributed by atoms with E-state index in [1.165, 1.54) is 5.56 Å². The second kappa shape index (κ2) is 7.95. The van der Waals surface area contributed by atoms with Gasteiger partial charge in [-0.1, -0.05) is 39.0 Å². The van der Waals surface area contributed by atoms with Crippen molar-refractivity contribution in [2.75, 3.05) is 5.32 Å². The topological polar surface area (TPSA) is 79.8 Å². The molecule has 0 saturated carbocycles. The van der Waals surface area contributed by atoms with Crippen molar-refractivity contribution in [3.8, 4) is 0 Å². The molecule has 0 bridgehead atoms. The van der Waals surface area contributed by atoms with Gasteiger partial charge in [-0.2, -0.15) is 0 Å². The average molecular weight is 361 g/mol. The highest BCUT2D eigenvalue weighted by molar-refractivity contribution is 5.92. The lowest BCUT2D eigenvalue weighted by Gasteiger charge is -2.19. The molecule has 138 valence electrons. The average Bonchev–Trinajstić information content (AvgIpc) is 2.67. The van der Waals surface area contributed by atoms with Gasteiger partial charge in [-0.25, -0.2) is 0 Å². The largest absolute Gasteiger partial charge is 0.345 e. The molecule has 0 fully saturated rings. The third-order valence-electron chi connectivity index (χ3n) is 4.08. The zero-order chi connectivity index (χ0) is 19.3. The van der Waals surface area contributed by atoms with Gasteiger partial charge in [-0.05, 0) is 47.4 Å². The van der Waals surface area contributed by atoms with Gasteiger partial charge in [0, 0.05) is 11.9 Å². The Hall–Kier alpha value is -3.28. The number of benzene rings is 1. The van der Waals surface area contributed by atoms with Crippen LogP contribution >= 0.6 is 0 Å². The second-order valence-corrected chi connectivity index (χ2v) is 7.26. The van der Waals surface area contributed by atoms with E-state index in [9.17, 15) is 4.79 Å². The Morgan fingerprint density at radius 3 is 2.33 bits per heavy atom. The first-order chi connectivity index (χ1) is 12.9. The summed E-state index contributed by atoms with van der Waals surface area (Å²) < 4.78 is 0. The second-order valence-electron chi connectivity index (χ2n) is 7.26. The summed E-state index contributed by atoms with van der Waals surface area (Å²) in [6.45, 7) is 6.89. The number of hydrogen-bond donors (Lipinski definition) is 2. The van der Waals surface area contributed by atoms with Crippen LogP contribution in [-0.2, 0) is 12.0 Å². The van der Waals surface area contributed by atoms with Gasteiger partial charge < -0.3 is 10.6 Å². The highest BCUT2D eigenvalue weighted by atomic mass is 16.1. The van der Waals surface area contributed by atoms with E-state index in [1.54, 1.807) is 18.3 Å². The summed E-state index contributed by atoms with van der Waals surface area (Å²) in [5.41, 5.74) is 3.35. The van der Waals surface area contributed by atoms with Gasteiger partial charge in [0.15, 0.2) is 11.5 Å². The molecule has 0 atom stereocenters. The molecule has 0 saturated heterocycles. The van der Waals surface area contributed by atoms with Gasteiger partial charge >= 0.3 is 0 Å². The number of amides is 1. The Morgan fingerprint density at radius 1 is 0.963 bits per heavy atom. The number of rotatable bonds is 5. The fourth-order valence-corrected chi connectivity index (χ4v) is 2.49. The maximum absolute atomic E-state index is 12.2. The van der Waals surface area contributed by atoms with E-state index in [2.05, 4.69) is 58.7 Å². The number of hydrogen-bond acceptors (Lipinski definition) is 5. The predicted molar refractivity (Wildman–Crippen MR) is 106 cm³/mol. The molecule has 0 aliphatic heterocycles. The number of pyridine rings is 1. The summed E-state index contributed by atoms with van der Waals surface area (Å²) in [6.07, 6.45) is 1.69. The first kappa shape index (κ1) is 18.5. The van der Waals surface area contributed by atoms with E-state index in [4.69, 9.17) is 0 Å². The Labute approximate surface area is 159 Å². The third-order valence-corrected chi connectivity index (χ3v) is 4.08. The fraction of sp³-hybridized carbons (Fsp3) is 0.238. The van der Waals surface area contributed by atoms with Crippen molar-refractivity contribution in [3.05, 3.63) is 77.7 Å². The lowest BCUT2D eigenvalue weighted by Crippen LogP contribution is -2.24. The Bertz CT molecular complexity index is 885. The van der Waals surface area contributed by atoms with Crippen LogP contribution in [0.25, 0.3) is 0 Å². The van der Waals surface area contributed by atoms with Crippen LogP contribution in [0.5, 0.6) is 0 Å². The van der Waals surface area contributed by atoms with Crippen LogP contribution in [0.3, 0.4) is 0 Å². The minimum absolute atomic E-state index is 0.114. The molecule has 0 spiro atoms. The Balaban J connectivity index is 1.59. The zero-order valence-corrected chi connectivity index (χ0v) is 15.7. The maximum Gasteiger partial charge on any atom is 0.272 e. The van der Waals surface area contributed by atoms with Crippen molar-refractivity contribution in [2.45, 2.75) is 32.7 Å². The molecule has 0 aliphatic carbocycles. The number of carbonyl (C=O) groups is 1. The highest BCUT2D eigenvalue weighted by Gasteiger charge is 2.13. The van der Waals surface area contributed by atoms with Crippen molar-refractivity contribution in [2.24, 2.45) is 0 Å². The molecule has 2 N–H and O–H groups in total. The number of aromatic nitrogens is 3. The lowest BCUT2D eigenvalue weighted by atomic mass is 9.87. The van der Waals surface area contributed by atoms with Gasteiger partial charge in [0.1, 0.15) is 0 Å². The van der Waals surface area contributed by atoms with Crippen molar-refractivity contribution in [3.63, 3.8) is 0 Å². The quantitative estimate of drug-likeness (QED) is 0.722. The van der Waals surface area contributed by atoms with E-state index < -0.39 is 0 Å². The maximum atomic E-state index is 12.2. The van der Waals surface area contributed by atoms with E-state index in [0.717, 1.165) is 11.4 Å². The molecule has 1 aromatic carbocycles. The summed E-state index contributed by atoms with van der Waals surface area (Å²) in [4.78, 5) is 16.3. The smallest absolute Gasteiger partial charge is 0.272 e. The normalized spacial score (nSPS) is 11.1. The Kier molecular flexibility index (Phi) is 5.45. The van der Waals surface area contributed by atoms with E-state index in [1.807, 2.05) is 30.3 Å². The SMILES string of the molecule is CC(C)(C)c1ccc(Nc2ccc(C(=O)NCc3ccccn3)nn2)cc1. The molecule has 6 nitrogen and oxygen atoms in total. The molecule has 0 aliphatic rings. The Morgan fingerprint density at radius 2 is 1.74 bits per heavy atom. The summed E-state index contributed by atoms with van der Waals surface area (Å²) in [7, 11) is 0. The monoisotopic (exact) mass is 361 g/mol. The van der Waals surface area contributed by atoms with Crippen LogP contribution in [0.2, 0.25) is 0 Å². The van der Waals surface area contributed by atoms with E-state index in [-0.39, 0.29) is 17.0 Å². The highest BCUT2D eigenvalue weighted by Crippen LogP contribution is 2.24. The molecule has 2 heterocycles. The van der Waals surface area contributed by atoms with Crippen LogP contribution in [0.1, 0.15) is 42.5 Å². The first-order valence-corrected chi connectivity index (χ1v) is 8.81. The van der Waals surface area contributed by atoms with Gasteiger partial charge in [-0.3, -0.25) is 9.78 Å². The molecular formula is C21H23N5O. The molecule has 0 unspecified atom stereocenters. The third kappa shape index (κ3) is 5.10. The van der Waals surface area contributed by atoms with E-state index in [0.29, 0.717) is 12.4 Å². The lowest BCUT2D eigenvalue weighted by molar-refractivity contribution is 0.0944. The van der Waals surface area contributed by atoms with Crippen LogP contribution in [0.4, 0.5) is 11.5 Å². The molecule has 27 heavy (non-hydrogen) atoms. The molecule has 1 amide bonds.